The molecule has 6 heterocycles. The van der Waals surface area contributed by atoms with Gasteiger partial charge in [0.2, 0.25) is 11.8 Å². The first kappa shape index (κ1) is 39.7. The lowest BCUT2D eigenvalue weighted by Gasteiger charge is -2.11. The average Bonchev–Trinajstić information content (AvgIpc) is 3.65. The Labute approximate surface area is 309 Å². The van der Waals surface area contributed by atoms with Crippen LogP contribution in [-0.4, -0.2) is 87.4 Å². The van der Waals surface area contributed by atoms with Gasteiger partial charge in [0, 0.05) is 41.8 Å². The van der Waals surface area contributed by atoms with Gasteiger partial charge in [-0.05, 0) is 95.6 Å². The summed E-state index contributed by atoms with van der Waals surface area (Å²) in [5.74, 6) is 0.674. The normalized spacial score (nSPS) is 10.9. The minimum Gasteiger partial charge on any atom is -0.477 e. The van der Waals surface area contributed by atoms with E-state index in [2.05, 4.69) is 46.1 Å². The molecule has 0 atom stereocenters. The monoisotopic (exact) mass is 773 g/mol. The molecule has 6 aromatic rings. The van der Waals surface area contributed by atoms with E-state index in [4.69, 9.17) is 24.5 Å². The third-order valence-electron chi connectivity index (χ3n) is 7.45. The van der Waals surface area contributed by atoms with E-state index in [-0.39, 0.29) is 23.6 Å². The number of rotatable bonds is 10. The van der Waals surface area contributed by atoms with Gasteiger partial charge in [-0.3, -0.25) is 23.9 Å². The highest BCUT2D eigenvalue weighted by atomic mass is 79.9. The standard InChI is InChI=1S/C18H20N4O2.C11H12BrN3O.C6H9BN2O3/c1-5-24-18-14(7-6-8-19-18)15-9-13(10-23)17-16(20-15)12(4)21-22(17)11(2)3;1-6(2)15-11-8(5-16)4-9(12)13-10(11)7(3)14-15;1-2-12-6-5(7(10)11)8-3-4-9-6/h6-11H,5H2,1-4H3;4-6H,1-3H3;3-4,10-11H,2H2,1H3. The number of aromatic nitrogens is 9. The molecule has 0 aromatic carbocycles. The quantitative estimate of drug-likeness (QED) is 0.107. The summed E-state index contributed by atoms with van der Waals surface area (Å²) < 4.78 is 14.9. The van der Waals surface area contributed by atoms with Crippen molar-refractivity contribution in [3.63, 3.8) is 0 Å². The van der Waals surface area contributed by atoms with Crippen LogP contribution in [0.1, 0.15) is 85.7 Å². The molecule has 2 N–H and O–H groups in total. The molecular formula is C35H41BBrN9O6. The first-order valence-corrected chi connectivity index (χ1v) is 17.4. The number of hydrogen-bond donors (Lipinski definition) is 2. The highest BCUT2D eigenvalue weighted by Crippen LogP contribution is 2.31. The van der Waals surface area contributed by atoms with Crippen LogP contribution in [0.25, 0.3) is 33.3 Å². The van der Waals surface area contributed by atoms with Crippen LogP contribution < -0.4 is 15.1 Å². The SMILES string of the molecule is CCOc1ncccc1-c1cc(C=O)c2c(n1)c(C)nn2C(C)C.CCOc1nccnc1B(O)O.Cc1nn(C(C)C)c2c(C=O)cc(Br)nc12. The number of aryl methyl sites for hydroxylation is 2. The number of fused-ring (bicyclic) bond motifs is 2. The second-order valence-corrected chi connectivity index (χ2v) is 12.7. The number of pyridine rings is 3. The van der Waals surface area contributed by atoms with E-state index in [1.807, 2.05) is 70.0 Å². The van der Waals surface area contributed by atoms with Crippen molar-refractivity contribution < 1.29 is 29.1 Å². The number of halogens is 1. The van der Waals surface area contributed by atoms with Crippen LogP contribution in [0.4, 0.5) is 0 Å². The van der Waals surface area contributed by atoms with Crippen molar-refractivity contribution in [2.24, 2.45) is 0 Å². The largest absolute Gasteiger partial charge is 0.513 e. The summed E-state index contributed by atoms with van der Waals surface area (Å²) in [6, 6.07) is 7.56. The maximum Gasteiger partial charge on any atom is 0.513 e. The number of carbonyl (C=O) groups excluding carboxylic acids is 2. The zero-order valence-electron chi connectivity index (χ0n) is 30.3. The Balaban J connectivity index is 0.000000187. The molecule has 0 aliphatic carbocycles. The second-order valence-electron chi connectivity index (χ2n) is 11.9. The van der Waals surface area contributed by atoms with Crippen molar-refractivity contribution in [2.75, 3.05) is 13.2 Å². The zero-order valence-corrected chi connectivity index (χ0v) is 31.9. The van der Waals surface area contributed by atoms with Crippen LogP contribution >= 0.6 is 15.9 Å². The van der Waals surface area contributed by atoms with E-state index >= 15 is 0 Å². The van der Waals surface area contributed by atoms with E-state index in [1.165, 1.54) is 12.4 Å². The minimum atomic E-state index is -1.64. The molecule has 15 nitrogen and oxygen atoms in total. The van der Waals surface area contributed by atoms with Crippen LogP contribution in [0.3, 0.4) is 0 Å². The van der Waals surface area contributed by atoms with Gasteiger partial charge in [-0.15, -0.1) is 0 Å². The van der Waals surface area contributed by atoms with Crippen molar-refractivity contribution in [1.82, 2.24) is 44.5 Å². The van der Waals surface area contributed by atoms with Gasteiger partial charge in [-0.2, -0.15) is 10.2 Å². The van der Waals surface area contributed by atoms with Crippen LogP contribution in [-0.2, 0) is 0 Å². The maximum absolute atomic E-state index is 11.7. The fraction of sp³-hybridized carbons (Fsp3) is 0.343. The number of nitrogens with zero attached hydrogens (tertiary/aromatic N) is 9. The Kier molecular flexibility index (Phi) is 13.6. The van der Waals surface area contributed by atoms with Crippen LogP contribution in [0, 0.1) is 13.8 Å². The second kappa shape index (κ2) is 17.9. The Morgan fingerprint density at radius 3 is 1.85 bits per heavy atom. The molecule has 0 saturated carbocycles. The lowest BCUT2D eigenvalue weighted by molar-refractivity contribution is 0.111. The smallest absolute Gasteiger partial charge is 0.477 e. The molecule has 6 aromatic heterocycles. The van der Waals surface area contributed by atoms with Gasteiger partial charge < -0.3 is 19.5 Å². The number of aldehydes is 2. The van der Waals surface area contributed by atoms with Gasteiger partial charge in [0.25, 0.3) is 0 Å². The predicted molar refractivity (Wildman–Crippen MR) is 201 cm³/mol. The van der Waals surface area contributed by atoms with Gasteiger partial charge in [-0.25, -0.2) is 19.9 Å². The number of ether oxygens (including phenoxy) is 2. The van der Waals surface area contributed by atoms with E-state index in [0.29, 0.717) is 40.5 Å². The molecule has 0 radical (unpaired) electrons. The van der Waals surface area contributed by atoms with E-state index in [1.54, 1.807) is 25.3 Å². The molecule has 0 amide bonds. The molecule has 52 heavy (non-hydrogen) atoms. The lowest BCUT2D eigenvalue weighted by Crippen LogP contribution is -2.34. The molecule has 0 aliphatic heterocycles. The summed E-state index contributed by atoms with van der Waals surface area (Å²) in [5.41, 5.74) is 7.38. The fourth-order valence-corrected chi connectivity index (χ4v) is 5.67. The summed E-state index contributed by atoms with van der Waals surface area (Å²) in [5, 5.41) is 26.6. The molecule has 0 unspecified atom stereocenters. The number of carbonyl (C=O) groups is 2. The van der Waals surface area contributed by atoms with Gasteiger partial charge >= 0.3 is 7.12 Å². The van der Waals surface area contributed by atoms with Crippen molar-refractivity contribution in [1.29, 1.82) is 0 Å². The maximum atomic E-state index is 11.7. The molecule has 17 heteroatoms. The Morgan fingerprint density at radius 1 is 0.788 bits per heavy atom. The summed E-state index contributed by atoms with van der Waals surface area (Å²) in [7, 11) is -1.64. The Bertz CT molecular complexity index is 2170. The first-order chi connectivity index (χ1) is 24.9. The highest BCUT2D eigenvalue weighted by molar-refractivity contribution is 9.10. The topological polar surface area (TPSA) is 193 Å². The van der Waals surface area contributed by atoms with Crippen molar-refractivity contribution >= 4 is 63.3 Å². The summed E-state index contributed by atoms with van der Waals surface area (Å²) >= 11 is 3.30. The van der Waals surface area contributed by atoms with Crippen molar-refractivity contribution in [2.45, 2.75) is 67.5 Å². The Morgan fingerprint density at radius 2 is 1.31 bits per heavy atom. The molecule has 0 bridgehead atoms. The first-order valence-electron chi connectivity index (χ1n) is 16.6. The summed E-state index contributed by atoms with van der Waals surface area (Å²) in [6.07, 6.45) is 6.17. The van der Waals surface area contributed by atoms with Crippen molar-refractivity contribution in [3.8, 4) is 23.0 Å². The van der Waals surface area contributed by atoms with E-state index < -0.39 is 7.12 Å². The summed E-state index contributed by atoms with van der Waals surface area (Å²) in [4.78, 5) is 43.6. The molecule has 272 valence electrons. The molecule has 6 rings (SSSR count). The number of hydrogen-bond acceptors (Lipinski definition) is 13. The van der Waals surface area contributed by atoms with Crippen LogP contribution in [0.15, 0.2) is 47.5 Å². The predicted octanol–water partition coefficient (Wildman–Crippen LogP) is 5.04. The summed E-state index contributed by atoms with van der Waals surface area (Å²) in [6.45, 7) is 16.5. The van der Waals surface area contributed by atoms with Crippen LogP contribution in [0.2, 0.25) is 0 Å². The van der Waals surface area contributed by atoms with Gasteiger partial charge in [-0.1, -0.05) is 0 Å². The lowest BCUT2D eigenvalue weighted by atomic mass is 9.86. The fourth-order valence-electron chi connectivity index (χ4n) is 5.25. The molecule has 0 spiro atoms. The third kappa shape index (κ3) is 8.84. The average molecular weight is 774 g/mol. The van der Waals surface area contributed by atoms with E-state index in [9.17, 15) is 9.59 Å². The third-order valence-corrected chi connectivity index (χ3v) is 7.86. The van der Waals surface area contributed by atoms with Crippen LogP contribution in [0.5, 0.6) is 11.8 Å². The minimum absolute atomic E-state index is 0.0411. The van der Waals surface area contributed by atoms with Crippen molar-refractivity contribution in [3.05, 3.63) is 70.0 Å². The highest BCUT2D eigenvalue weighted by Gasteiger charge is 2.21. The Hall–Kier alpha value is -5.13. The molecule has 0 fully saturated rings. The van der Waals surface area contributed by atoms with Gasteiger partial charge in [0.05, 0.1) is 46.9 Å². The molecule has 0 saturated heterocycles. The van der Waals surface area contributed by atoms with E-state index in [0.717, 1.165) is 51.6 Å². The van der Waals surface area contributed by atoms with Gasteiger partial charge in [0.15, 0.2) is 12.6 Å². The molecular weight excluding hydrogens is 733 g/mol. The molecule has 0 aliphatic rings. The zero-order chi connectivity index (χ0) is 38.1. The van der Waals surface area contributed by atoms with Gasteiger partial charge in [0.1, 0.15) is 21.2 Å².